The van der Waals surface area contributed by atoms with E-state index in [2.05, 4.69) is 5.32 Å². The molecule has 3 atom stereocenters. The fraction of sp³-hybridized carbons (Fsp3) is 0.304. The molecule has 1 fully saturated rings. The molecule has 9 heteroatoms. The Bertz CT molecular complexity index is 1060. The van der Waals surface area contributed by atoms with Crippen molar-refractivity contribution in [2.75, 3.05) is 12.4 Å². The predicted octanol–water partition coefficient (Wildman–Crippen LogP) is 4.01. The molecule has 0 aliphatic carbocycles. The highest BCUT2D eigenvalue weighted by Crippen LogP contribution is 2.47. The molecule has 0 spiro atoms. The van der Waals surface area contributed by atoms with Crippen molar-refractivity contribution in [2.45, 2.75) is 18.1 Å². The number of hydrogen-bond donors (Lipinski definition) is 3. The van der Waals surface area contributed by atoms with Gasteiger partial charge in [0, 0.05) is 41.3 Å². The van der Waals surface area contributed by atoms with Crippen LogP contribution in [0.4, 0.5) is 8.78 Å². The number of halogens is 2. The molecular formula is C23H22F2N4O2S. The van der Waals surface area contributed by atoms with Gasteiger partial charge in [-0.25, -0.2) is 13.8 Å². The number of hydrogen-bond acceptors (Lipinski definition) is 6. The first-order chi connectivity index (χ1) is 15.5. The predicted molar refractivity (Wildman–Crippen MR) is 121 cm³/mol. The van der Waals surface area contributed by atoms with E-state index in [1.165, 1.54) is 23.9 Å². The second-order valence-corrected chi connectivity index (χ2v) is 8.80. The highest BCUT2D eigenvalue weighted by molar-refractivity contribution is 8.13. The lowest BCUT2D eigenvalue weighted by Crippen LogP contribution is -2.52. The third kappa shape index (κ3) is 4.22. The Morgan fingerprint density at radius 3 is 2.66 bits per heavy atom. The van der Waals surface area contributed by atoms with Crippen molar-refractivity contribution < 1.29 is 18.3 Å². The van der Waals surface area contributed by atoms with Gasteiger partial charge in [0.2, 0.25) is 0 Å². The number of aliphatic imine (C=N–C) groups is 1. The quantitative estimate of drug-likeness (QED) is 0.593. The maximum Gasteiger partial charge on any atom is 0.257 e. The number of carbonyl (C=O) groups excluding carboxylic acids is 1. The topological polar surface area (TPSA) is 98.4 Å². The largest absolute Gasteiger partial charge is 0.374 e. The van der Waals surface area contributed by atoms with Gasteiger partial charge in [-0.2, -0.15) is 0 Å². The van der Waals surface area contributed by atoms with Gasteiger partial charge in [0.05, 0.1) is 18.6 Å². The zero-order chi connectivity index (χ0) is 22.7. The van der Waals surface area contributed by atoms with Crippen molar-refractivity contribution in [1.82, 2.24) is 5.32 Å². The zero-order valence-corrected chi connectivity index (χ0v) is 17.9. The molecule has 6 nitrogen and oxygen atoms in total. The highest BCUT2D eigenvalue weighted by atomic mass is 32.2. The van der Waals surface area contributed by atoms with Crippen molar-refractivity contribution in [1.29, 1.82) is 10.8 Å². The molecule has 4 rings (SSSR count). The Balaban J connectivity index is 1.70. The number of fused-ring (bicyclic) bond motifs is 1. The van der Waals surface area contributed by atoms with Crippen LogP contribution in [0.15, 0.2) is 53.5 Å². The molecule has 1 saturated heterocycles. The van der Waals surface area contributed by atoms with Crippen LogP contribution in [-0.4, -0.2) is 42.0 Å². The smallest absolute Gasteiger partial charge is 0.257 e. The van der Waals surface area contributed by atoms with Gasteiger partial charge in [0.15, 0.2) is 5.17 Å². The molecule has 0 radical (unpaired) electrons. The van der Waals surface area contributed by atoms with E-state index in [4.69, 9.17) is 20.5 Å². The second-order valence-electron chi connectivity index (χ2n) is 7.79. The van der Waals surface area contributed by atoms with Gasteiger partial charge in [-0.1, -0.05) is 36.0 Å². The minimum atomic E-state index is -1.15. The SMILES string of the molecule is N=CC(C=N)C1CC2CSC(NC(=O)c3ccccc3)=NC2(c2ccc(F)cc2F)CO1. The van der Waals surface area contributed by atoms with E-state index < -0.39 is 29.2 Å². The Morgan fingerprint density at radius 2 is 1.97 bits per heavy atom. The van der Waals surface area contributed by atoms with E-state index >= 15 is 0 Å². The average molecular weight is 457 g/mol. The first-order valence-corrected chi connectivity index (χ1v) is 11.1. The van der Waals surface area contributed by atoms with Crippen LogP contribution in [0.5, 0.6) is 0 Å². The lowest BCUT2D eigenvalue weighted by molar-refractivity contribution is -0.0610. The van der Waals surface area contributed by atoms with Crippen LogP contribution in [0.3, 0.4) is 0 Å². The van der Waals surface area contributed by atoms with E-state index in [1.807, 2.05) is 6.07 Å². The molecule has 3 N–H and O–H groups in total. The van der Waals surface area contributed by atoms with Crippen LogP contribution >= 0.6 is 11.8 Å². The molecule has 2 aliphatic heterocycles. The summed E-state index contributed by atoms with van der Waals surface area (Å²) >= 11 is 1.35. The van der Waals surface area contributed by atoms with Crippen LogP contribution in [0.25, 0.3) is 0 Å². The van der Waals surface area contributed by atoms with Crippen molar-refractivity contribution in [3.8, 4) is 0 Å². The molecule has 2 aromatic carbocycles. The minimum absolute atomic E-state index is 0.00562. The van der Waals surface area contributed by atoms with Crippen LogP contribution in [0.2, 0.25) is 0 Å². The van der Waals surface area contributed by atoms with Gasteiger partial charge in [0.1, 0.15) is 17.2 Å². The molecule has 1 amide bonds. The zero-order valence-electron chi connectivity index (χ0n) is 17.1. The number of nitrogens with one attached hydrogen (secondary N) is 3. The normalized spacial score (nSPS) is 25.8. The summed E-state index contributed by atoms with van der Waals surface area (Å²) in [5.41, 5.74) is -0.469. The first-order valence-electron chi connectivity index (χ1n) is 10.1. The minimum Gasteiger partial charge on any atom is -0.374 e. The maximum atomic E-state index is 14.9. The fourth-order valence-electron chi connectivity index (χ4n) is 4.17. The molecule has 0 bridgehead atoms. The monoisotopic (exact) mass is 456 g/mol. The van der Waals surface area contributed by atoms with Gasteiger partial charge in [-0.15, -0.1) is 0 Å². The maximum absolute atomic E-state index is 14.9. The van der Waals surface area contributed by atoms with Gasteiger partial charge < -0.3 is 20.9 Å². The summed E-state index contributed by atoms with van der Waals surface area (Å²) in [6.07, 6.45) is 2.37. The summed E-state index contributed by atoms with van der Waals surface area (Å²) in [7, 11) is 0. The van der Waals surface area contributed by atoms with E-state index in [0.717, 1.165) is 18.5 Å². The molecule has 166 valence electrons. The summed E-state index contributed by atoms with van der Waals surface area (Å²) in [4.78, 5) is 17.4. The second kappa shape index (κ2) is 9.30. The van der Waals surface area contributed by atoms with E-state index in [9.17, 15) is 13.6 Å². The fourth-order valence-corrected chi connectivity index (χ4v) is 5.33. The Hall–Kier alpha value is -2.91. The van der Waals surface area contributed by atoms with Gasteiger partial charge >= 0.3 is 0 Å². The number of ether oxygens (including phenoxy) is 1. The molecule has 0 aromatic heterocycles. The van der Waals surface area contributed by atoms with Crippen molar-refractivity contribution in [3.05, 3.63) is 71.3 Å². The summed E-state index contributed by atoms with van der Waals surface area (Å²) < 4.78 is 34.5. The summed E-state index contributed by atoms with van der Waals surface area (Å²) in [5.74, 6) is -1.89. The van der Waals surface area contributed by atoms with Crippen LogP contribution < -0.4 is 5.32 Å². The number of amidine groups is 1. The van der Waals surface area contributed by atoms with Gasteiger partial charge in [0.25, 0.3) is 5.91 Å². The molecule has 2 aliphatic rings. The van der Waals surface area contributed by atoms with Crippen molar-refractivity contribution >= 4 is 35.3 Å². The number of nitrogens with zero attached hydrogens (tertiary/aromatic N) is 1. The molecule has 2 heterocycles. The summed E-state index contributed by atoms with van der Waals surface area (Å²) in [6.45, 7) is -0.00562. The number of thioether (sulfide) groups is 1. The molecular weight excluding hydrogens is 434 g/mol. The van der Waals surface area contributed by atoms with Crippen LogP contribution in [0, 0.1) is 34.3 Å². The number of rotatable bonds is 5. The van der Waals surface area contributed by atoms with Crippen molar-refractivity contribution in [2.24, 2.45) is 16.8 Å². The standard InChI is InChI=1S/C23H22F2N4O2S/c24-17-6-7-18(19(25)9-17)23-13-31-20(15(10-26)11-27)8-16(23)12-32-22(29-23)28-21(30)14-4-2-1-3-5-14/h1-7,9-11,15-16,20,26-27H,8,12-13H2,(H,28,29,30). The van der Waals surface area contributed by atoms with E-state index in [0.29, 0.717) is 22.9 Å². The Morgan fingerprint density at radius 1 is 1.22 bits per heavy atom. The van der Waals surface area contributed by atoms with Crippen molar-refractivity contribution in [3.63, 3.8) is 0 Å². The van der Waals surface area contributed by atoms with Gasteiger partial charge in [-0.05, 0) is 24.6 Å². The Kier molecular flexibility index (Phi) is 6.48. The lowest BCUT2D eigenvalue weighted by atomic mass is 9.73. The number of amides is 1. The number of benzene rings is 2. The first kappa shape index (κ1) is 22.3. The third-order valence-electron chi connectivity index (χ3n) is 5.90. The highest BCUT2D eigenvalue weighted by Gasteiger charge is 2.50. The third-order valence-corrected chi connectivity index (χ3v) is 6.94. The van der Waals surface area contributed by atoms with Gasteiger partial charge in [-0.3, -0.25) is 4.79 Å². The van der Waals surface area contributed by atoms with Crippen LogP contribution in [-0.2, 0) is 10.3 Å². The molecule has 32 heavy (non-hydrogen) atoms. The van der Waals surface area contributed by atoms with Crippen LogP contribution in [0.1, 0.15) is 22.3 Å². The molecule has 2 aromatic rings. The van der Waals surface area contributed by atoms with E-state index in [1.54, 1.807) is 24.3 Å². The lowest BCUT2D eigenvalue weighted by Gasteiger charge is -2.47. The summed E-state index contributed by atoms with van der Waals surface area (Å²) in [6, 6.07) is 12.1. The average Bonchev–Trinajstić information content (AvgIpc) is 2.80. The molecule has 3 unspecified atom stereocenters. The molecule has 0 saturated carbocycles. The summed E-state index contributed by atoms with van der Waals surface area (Å²) in [5, 5.41) is 18.2. The number of carbonyl (C=O) groups is 1. The Labute approximate surface area is 188 Å². The van der Waals surface area contributed by atoms with E-state index in [-0.39, 0.29) is 24.0 Å².